The van der Waals surface area contributed by atoms with Crippen molar-refractivity contribution in [1.82, 2.24) is 0 Å². The molecule has 0 unspecified atom stereocenters. The van der Waals surface area contributed by atoms with Crippen molar-refractivity contribution in [3.63, 3.8) is 0 Å². The molecule has 0 saturated carbocycles. The molecule has 4 heteroatoms. The summed E-state index contributed by atoms with van der Waals surface area (Å²) >= 11 is 0. The number of hydrogen-bond acceptors (Lipinski definition) is 3. The molecule has 0 radical (unpaired) electrons. The molecular formula is C18H18O4. The number of carboxylic acids is 1. The quantitative estimate of drug-likeness (QED) is 0.852. The molecule has 0 heterocycles. The lowest BCUT2D eigenvalue weighted by atomic mass is 9.99. The van der Waals surface area contributed by atoms with Gasteiger partial charge >= 0.3 is 5.97 Å². The summed E-state index contributed by atoms with van der Waals surface area (Å²) < 4.78 is 10.8. The van der Waals surface area contributed by atoms with E-state index in [1.165, 1.54) is 6.08 Å². The van der Waals surface area contributed by atoms with Gasteiger partial charge in [-0.2, -0.15) is 0 Å². The number of benzene rings is 2. The van der Waals surface area contributed by atoms with Crippen LogP contribution in [0.5, 0.6) is 11.5 Å². The van der Waals surface area contributed by atoms with Crippen molar-refractivity contribution in [2.75, 3.05) is 14.2 Å². The van der Waals surface area contributed by atoms with Gasteiger partial charge < -0.3 is 14.6 Å². The lowest BCUT2D eigenvalue weighted by Gasteiger charge is -2.13. The van der Waals surface area contributed by atoms with Crippen LogP contribution in [-0.2, 0) is 4.79 Å². The van der Waals surface area contributed by atoms with Gasteiger partial charge in [0.1, 0.15) is 11.5 Å². The molecule has 114 valence electrons. The first-order valence-corrected chi connectivity index (χ1v) is 6.80. The van der Waals surface area contributed by atoms with Crippen LogP contribution >= 0.6 is 0 Å². The molecule has 22 heavy (non-hydrogen) atoms. The van der Waals surface area contributed by atoms with Gasteiger partial charge in [-0.15, -0.1) is 0 Å². The monoisotopic (exact) mass is 298 g/mol. The Bertz CT molecular complexity index is 677. The van der Waals surface area contributed by atoms with E-state index < -0.39 is 5.97 Å². The predicted octanol–water partition coefficient (Wildman–Crippen LogP) is 3.86. The van der Waals surface area contributed by atoms with Crippen molar-refractivity contribution in [3.05, 3.63) is 54.1 Å². The summed E-state index contributed by atoms with van der Waals surface area (Å²) in [5.41, 5.74) is 3.38. The number of hydrogen-bond donors (Lipinski definition) is 1. The molecule has 0 fully saturated rings. The Morgan fingerprint density at radius 3 is 2.00 bits per heavy atom. The third-order valence-corrected chi connectivity index (χ3v) is 3.40. The van der Waals surface area contributed by atoms with Gasteiger partial charge in [-0.25, -0.2) is 4.79 Å². The minimum atomic E-state index is -0.951. The van der Waals surface area contributed by atoms with Crippen LogP contribution < -0.4 is 9.47 Å². The molecule has 0 aliphatic heterocycles. The maximum Gasteiger partial charge on any atom is 0.328 e. The lowest BCUT2D eigenvalue weighted by molar-refractivity contribution is -0.131. The molecule has 0 bridgehead atoms. The van der Waals surface area contributed by atoms with Crippen LogP contribution in [0, 0.1) is 0 Å². The number of ether oxygens (including phenoxy) is 2. The van der Waals surface area contributed by atoms with E-state index in [9.17, 15) is 4.79 Å². The van der Waals surface area contributed by atoms with Crippen LogP contribution in [0.15, 0.2) is 48.5 Å². The van der Waals surface area contributed by atoms with Crippen LogP contribution in [0.25, 0.3) is 16.7 Å². The summed E-state index contributed by atoms with van der Waals surface area (Å²) in [7, 11) is 3.23. The zero-order valence-electron chi connectivity index (χ0n) is 12.8. The molecular weight excluding hydrogens is 280 g/mol. The highest BCUT2D eigenvalue weighted by Gasteiger charge is 2.12. The number of rotatable bonds is 5. The third-order valence-electron chi connectivity index (χ3n) is 3.40. The van der Waals surface area contributed by atoms with E-state index in [0.29, 0.717) is 5.57 Å². The second-order valence-corrected chi connectivity index (χ2v) is 4.78. The molecule has 1 N–H and O–H groups in total. The van der Waals surface area contributed by atoms with Crippen molar-refractivity contribution in [3.8, 4) is 22.6 Å². The van der Waals surface area contributed by atoms with E-state index in [4.69, 9.17) is 14.6 Å². The van der Waals surface area contributed by atoms with Gasteiger partial charge in [-0.3, -0.25) is 0 Å². The second kappa shape index (κ2) is 6.80. The first-order chi connectivity index (χ1) is 10.6. The molecule has 2 rings (SSSR count). The topological polar surface area (TPSA) is 55.8 Å². The Morgan fingerprint density at radius 1 is 1.00 bits per heavy atom. The van der Waals surface area contributed by atoms with Crippen molar-refractivity contribution in [2.24, 2.45) is 0 Å². The van der Waals surface area contributed by atoms with E-state index in [0.717, 1.165) is 28.2 Å². The molecule has 0 atom stereocenters. The van der Waals surface area contributed by atoms with E-state index in [2.05, 4.69) is 0 Å². The fourth-order valence-corrected chi connectivity index (χ4v) is 2.30. The summed E-state index contributed by atoms with van der Waals surface area (Å²) in [5, 5.41) is 8.80. The van der Waals surface area contributed by atoms with Gasteiger partial charge in [0.25, 0.3) is 0 Å². The fourth-order valence-electron chi connectivity index (χ4n) is 2.30. The number of carbonyl (C=O) groups is 1. The Kier molecular flexibility index (Phi) is 4.84. The summed E-state index contributed by atoms with van der Waals surface area (Å²) in [6.45, 7) is 1.77. The molecule has 0 aromatic heterocycles. The molecule has 0 saturated heterocycles. The van der Waals surface area contributed by atoms with Crippen molar-refractivity contribution in [2.45, 2.75) is 6.92 Å². The van der Waals surface area contributed by atoms with E-state index in [1.54, 1.807) is 21.1 Å². The van der Waals surface area contributed by atoms with Crippen molar-refractivity contribution < 1.29 is 19.4 Å². The largest absolute Gasteiger partial charge is 0.496 e. The predicted molar refractivity (Wildman–Crippen MR) is 86.3 cm³/mol. The van der Waals surface area contributed by atoms with Gasteiger partial charge in [0, 0.05) is 6.08 Å². The first kappa shape index (κ1) is 15.6. The maximum absolute atomic E-state index is 10.7. The highest BCUT2D eigenvalue weighted by atomic mass is 16.5. The van der Waals surface area contributed by atoms with E-state index >= 15 is 0 Å². The minimum Gasteiger partial charge on any atom is -0.496 e. The Hall–Kier alpha value is -2.75. The number of allylic oxidation sites excluding steroid dienone is 1. The van der Waals surface area contributed by atoms with Crippen molar-refractivity contribution in [1.29, 1.82) is 0 Å². The zero-order chi connectivity index (χ0) is 16.1. The Morgan fingerprint density at radius 2 is 1.55 bits per heavy atom. The molecule has 2 aromatic carbocycles. The average Bonchev–Trinajstić information content (AvgIpc) is 2.53. The van der Waals surface area contributed by atoms with Gasteiger partial charge in [-0.05, 0) is 35.8 Å². The van der Waals surface area contributed by atoms with Crippen LogP contribution in [0.1, 0.15) is 12.5 Å². The smallest absolute Gasteiger partial charge is 0.328 e. The SMILES string of the molecule is COc1cccc(OC)c1-c1ccc(/C(C)=C\C(=O)O)cc1. The molecule has 2 aromatic rings. The normalized spacial score (nSPS) is 11.1. The molecule has 4 nitrogen and oxygen atoms in total. The fraction of sp³-hybridized carbons (Fsp3) is 0.167. The molecule has 0 amide bonds. The van der Waals surface area contributed by atoms with Gasteiger partial charge in [0.05, 0.1) is 19.8 Å². The third kappa shape index (κ3) is 3.28. The number of carboxylic acid groups (broad SMARTS) is 1. The molecule has 0 spiro atoms. The standard InChI is InChI=1S/C18H18O4/c1-12(11-17(19)20)13-7-9-14(10-8-13)18-15(21-2)5-4-6-16(18)22-3/h4-11H,1-3H3,(H,19,20)/b12-11-. The van der Waals surface area contributed by atoms with Gasteiger partial charge in [0.2, 0.25) is 0 Å². The second-order valence-electron chi connectivity index (χ2n) is 4.78. The van der Waals surface area contributed by atoms with Crippen LogP contribution in [0.2, 0.25) is 0 Å². The van der Waals surface area contributed by atoms with Gasteiger partial charge in [-0.1, -0.05) is 30.3 Å². The lowest BCUT2D eigenvalue weighted by Crippen LogP contribution is -1.93. The summed E-state index contributed by atoms with van der Waals surface area (Å²) in [6, 6.07) is 13.2. The maximum atomic E-state index is 10.7. The molecule has 0 aliphatic carbocycles. The Balaban J connectivity index is 2.46. The first-order valence-electron chi connectivity index (χ1n) is 6.80. The van der Waals surface area contributed by atoms with E-state index in [-0.39, 0.29) is 0 Å². The molecule has 0 aliphatic rings. The Labute approximate surface area is 129 Å². The van der Waals surface area contributed by atoms with Crippen LogP contribution in [-0.4, -0.2) is 25.3 Å². The average molecular weight is 298 g/mol. The van der Waals surface area contributed by atoms with Crippen LogP contribution in [0.3, 0.4) is 0 Å². The van der Waals surface area contributed by atoms with Crippen LogP contribution in [0.4, 0.5) is 0 Å². The number of methoxy groups -OCH3 is 2. The number of aliphatic carboxylic acids is 1. The minimum absolute atomic E-state index is 0.700. The zero-order valence-corrected chi connectivity index (χ0v) is 12.8. The highest BCUT2D eigenvalue weighted by Crippen LogP contribution is 2.38. The van der Waals surface area contributed by atoms with Crippen molar-refractivity contribution >= 4 is 11.5 Å². The van der Waals surface area contributed by atoms with E-state index in [1.807, 2.05) is 42.5 Å². The highest BCUT2D eigenvalue weighted by molar-refractivity contribution is 5.89. The summed E-state index contributed by atoms with van der Waals surface area (Å²) in [6.07, 6.45) is 1.19. The van der Waals surface area contributed by atoms with Gasteiger partial charge in [0.15, 0.2) is 0 Å². The summed E-state index contributed by atoms with van der Waals surface area (Å²) in [4.78, 5) is 10.7. The summed E-state index contributed by atoms with van der Waals surface area (Å²) in [5.74, 6) is 0.503.